The van der Waals surface area contributed by atoms with Gasteiger partial charge in [0.05, 0.1) is 11.3 Å². The number of aromatic nitrogens is 1. The van der Waals surface area contributed by atoms with E-state index in [1.54, 1.807) is 11.3 Å². The van der Waals surface area contributed by atoms with Crippen molar-refractivity contribution >= 4 is 34.1 Å². The van der Waals surface area contributed by atoms with Crippen LogP contribution in [0.1, 0.15) is 61.7 Å². The van der Waals surface area contributed by atoms with Crippen molar-refractivity contribution < 1.29 is 4.79 Å². The van der Waals surface area contributed by atoms with Crippen LogP contribution in [0.4, 0.5) is 10.7 Å². The Hall–Kier alpha value is -3.44. The number of aryl methyl sites for hydroxylation is 4. The zero-order valence-electron chi connectivity index (χ0n) is 20.8. The maximum Gasteiger partial charge on any atom is 0.259 e. The van der Waals surface area contributed by atoms with Gasteiger partial charge in [-0.15, -0.1) is 11.3 Å². The van der Waals surface area contributed by atoms with Gasteiger partial charge in [-0.1, -0.05) is 36.4 Å². The number of hydrogen-bond acceptors (Lipinski definition) is 3. The minimum Gasteiger partial charge on any atom is -0.322 e. The lowest BCUT2D eigenvalue weighted by Crippen LogP contribution is -2.14. The van der Waals surface area contributed by atoms with Gasteiger partial charge in [0.25, 0.3) is 5.91 Å². The Bertz CT molecular complexity index is 1410. The van der Waals surface area contributed by atoms with Gasteiger partial charge in [0.1, 0.15) is 5.00 Å². The zero-order valence-corrected chi connectivity index (χ0v) is 21.6. The van der Waals surface area contributed by atoms with Gasteiger partial charge >= 0.3 is 0 Å². The van der Waals surface area contributed by atoms with Crippen LogP contribution >= 0.6 is 11.3 Å². The molecular formula is C30H31N3OS. The van der Waals surface area contributed by atoms with Gasteiger partial charge in [0.15, 0.2) is 0 Å². The van der Waals surface area contributed by atoms with Gasteiger partial charge in [-0.25, -0.2) is 4.99 Å². The van der Waals surface area contributed by atoms with Crippen molar-refractivity contribution in [3.8, 4) is 5.69 Å². The van der Waals surface area contributed by atoms with Gasteiger partial charge in [-0.2, -0.15) is 0 Å². The molecular weight excluding hydrogens is 450 g/mol. The molecule has 0 unspecified atom stereocenters. The highest BCUT2D eigenvalue weighted by Crippen LogP contribution is 2.40. The quantitative estimate of drug-likeness (QED) is 0.292. The summed E-state index contributed by atoms with van der Waals surface area (Å²) in [7, 11) is 0. The number of fused-ring (bicyclic) bond motifs is 1. The van der Waals surface area contributed by atoms with Crippen LogP contribution in [0.3, 0.4) is 0 Å². The smallest absolute Gasteiger partial charge is 0.259 e. The third-order valence-corrected chi connectivity index (χ3v) is 8.07. The number of benzene rings is 2. The molecule has 4 nitrogen and oxygen atoms in total. The number of amides is 1. The number of hydrogen-bond donors (Lipinski definition) is 1. The Labute approximate surface area is 211 Å². The number of nitrogens with zero attached hydrogens (tertiary/aromatic N) is 2. The Morgan fingerprint density at radius 3 is 2.43 bits per heavy atom. The van der Waals surface area contributed by atoms with E-state index in [2.05, 4.69) is 61.8 Å². The summed E-state index contributed by atoms with van der Waals surface area (Å²) in [5.74, 6) is -0.0660. The van der Waals surface area contributed by atoms with Crippen molar-refractivity contribution in [2.75, 3.05) is 5.32 Å². The van der Waals surface area contributed by atoms with Crippen LogP contribution in [0.25, 0.3) is 5.69 Å². The highest BCUT2D eigenvalue weighted by molar-refractivity contribution is 7.16. The monoisotopic (exact) mass is 481 g/mol. The SMILES string of the molecule is Cc1cccc(C)c1-n1c(C)cc(/C=N\c2sc3c(c2C(=O)Nc2ccccc2)CCCC3)c1C. The van der Waals surface area contributed by atoms with E-state index in [0.29, 0.717) is 0 Å². The molecule has 0 fully saturated rings. The topological polar surface area (TPSA) is 46.4 Å². The molecule has 0 bridgehead atoms. The van der Waals surface area contributed by atoms with Crippen molar-refractivity contribution in [2.45, 2.75) is 53.4 Å². The van der Waals surface area contributed by atoms with Crippen LogP contribution in [0.5, 0.6) is 0 Å². The average Bonchev–Trinajstić information content (AvgIpc) is 3.35. The van der Waals surface area contributed by atoms with Gasteiger partial charge in [0, 0.05) is 33.7 Å². The minimum absolute atomic E-state index is 0.0660. The summed E-state index contributed by atoms with van der Waals surface area (Å²) in [6.45, 7) is 8.59. The van der Waals surface area contributed by atoms with E-state index in [4.69, 9.17) is 4.99 Å². The summed E-state index contributed by atoms with van der Waals surface area (Å²) >= 11 is 1.67. The molecule has 1 aliphatic carbocycles. The molecule has 2 heterocycles. The summed E-state index contributed by atoms with van der Waals surface area (Å²) in [5, 5.41) is 3.89. The predicted molar refractivity (Wildman–Crippen MR) is 147 cm³/mol. The molecule has 1 amide bonds. The first kappa shape index (κ1) is 23.3. The van der Waals surface area contributed by atoms with Crippen LogP contribution < -0.4 is 5.32 Å². The van der Waals surface area contributed by atoms with Crippen molar-refractivity contribution in [1.82, 2.24) is 4.57 Å². The number of carbonyl (C=O) groups is 1. The molecule has 5 heteroatoms. The summed E-state index contributed by atoms with van der Waals surface area (Å²) in [4.78, 5) is 19.6. The van der Waals surface area contributed by atoms with Crippen molar-refractivity contribution in [3.63, 3.8) is 0 Å². The second kappa shape index (κ2) is 9.67. The normalized spacial score (nSPS) is 13.3. The molecule has 35 heavy (non-hydrogen) atoms. The van der Waals surface area contributed by atoms with Crippen molar-refractivity contribution in [3.05, 3.63) is 98.7 Å². The fourth-order valence-electron chi connectivity index (χ4n) is 5.14. The van der Waals surface area contributed by atoms with E-state index >= 15 is 0 Å². The number of aliphatic imine (C=N–C) groups is 1. The summed E-state index contributed by atoms with van der Waals surface area (Å²) in [5.41, 5.74) is 9.87. The fraction of sp³-hybridized carbons (Fsp3) is 0.267. The predicted octanol–water partition coefficient (Wildman–Crippen LogP) is 7.65. The number of carbonyl (C=O) groups excluding carboxylic acids is 1. The van der Waals surface area contributed by atoms with E-state index in [9.17, 15) is 4.79 Å². The number of thiophene rings is 1. The third kappa shape index (κ3) is 4.48. The second-order valence-corrected chi connectivity index (χ2v) is 10.5. The number of nitrogens with one attached hydrogen (secondary N) is 1. The minimum atomic E-state index is -0.0660. The fourth-order valence-corrected chi connectivity index (χ4v) is 6.37. The van der Waals surface area contributed by atoms with Crippen LogP contribution in [0.2, 0.25) is 0 Å². The van der Waals surface area contributed by atoms with Gasteiger partial charge in [0.2, 0.25) is 0 Å². The van der Waals surface area contributed by atoms with Crippen LogP contribution in [-0.4, -0.2) is 16.7 Å². The largest absolute Gasteiger partial charge is 0.322 e. The van der Waals surface area contributed by atoms with Crippen LogP contribution in [0.15, 0.2) is 59.6 Å². The van der Waals surface area contributed by atoms with E-state index in [0.717, 1.165) is 46.8 Å². The molecule has 2 aromatic carbocycles. The lowest BCUT2D eigenvalue weighted by atomic mass is 9.95. The number of anilines is 1. The van der Waals surface area contributed by atoms with E-state index in [-0.39, 0.29) is 5.91 Å². The Balaban J connectivity index is 1.52. The second-order valence-electron chi connectivity index (χ2n) is 9.37. The van der Waals surface area contributed by atoms with Gasteiger partial charge in [-0.05, 0) is 88.3 Å². The first-order chi connectivity index (χ1) is 16.9. The Morgan fingerprint density at radius 1 is 0.971 bits per heavy atom. The molecule has 0 saturated heterocycles. The number of rotatable bonds is 5. The molecule has 0 spiro atoms. The zero-order chi connectivity index (χ0) is 24.5. The average molecular weight is 482 g/mol. The van der Waals surface area contributed by atoms with Gasteiger partial charge < -0.3 is 9.88 Å². The van der Waals surface area contributed by atoms with Gasteiger partial charge in [-0.3, -0.25) is 4.79 Å². The van der Waals surface area contributed by atoms with Crippen LogP contribution in [-0.2, 0) is 12.8 Å². The summed E-state index contributed by atoms with van der Waals surface area (Å²) in [6.07, 6.45) is 6.20. The maximum absolute atomic E-state index is 13.4. The first-order valence-corrected chi connectivity index (χ1v) is 13.1. The molecule has 2 aromatic heterocycles. The highest BCUT2D eigenvalue weighted by atomic mass is 32.1. The van der Waals surface area contributed by atoms with E-state index in [1.807, 2.05) is 36.5 Å². The molecule has 0 atom stereocenters. The molecule has 0 aliphatic heterocycles. The maximum atomic E-state index is 13.4. The molecule has 0 saturated carbocycles. The molecule has 178 valence electrons. The summed E-state index contributed by atoms with van der Waals surface area (Å²) < 4.78 is 2.31. The molecule has 4 aromatic rings. The first-order valence-electron chi connectivity index (χ1n) is 12.2. The van der Waals surface area contributed by atoms with E-state index < -0.39 is 0 Å². The van der Waals surface area contributed by atoms with Crippen molar-refractivity contribution in [2.24, 2.45) is 4.99 Å². The molecule has 1 aliphatic rings. The standard InChI is InChI=1S/C30H31N3OS/c1-19-11-10-12-20(2)28(19)33-21(3)17-23(22(33)4)18-31-30-27(25-15-8-9-16-26(25)35-30)29(34)32-24-13-6-5-7-14-24/h5-7,10-14,17-18H,8-9,15-16H2,1-4H3,(H,32,34)/b31-18-. The van der Waals surface area contributed by atoms with E-state index in [1.165, 1.54) is 39.4 Å². The third-order valence-electron chi connectivity index (χ3n) is 6.87. The molecule has 1 N–H and O–H groups in total. The molecule has 0 radical (unpaired) electrons. The lowest BCUT2D eigenvalue weighted by molar-refractivity contribution is 0.102. The lowest BCUT2D eigenvalue weighted by Gasteiger charge is -2.15. The van der Waals surface area contributed by atoms with Crippen molar-refractivity contribution in [1.29, 1.82) is 0 Å². The molecule has 5 rings (SSSR count). The van der Waals surface area contributed by atoms with Crippen LogP contribution in [0, 0.1) is 27.7 Å². The Morgan fingerprint density at radius 2 is 1.69 bits per heavy atom. The highest BCUT2D eigenvalue weighted by Gasteiger charge is 2.25. The Kier molecular flexibility index (Phi) is 6.44. The number of para-hydroxylation sites is 2. The summed E-state index contributed by atoms with van der Waals surface area (Å²) in [6, 6.07) is 18.3.